The smallest absolute Gasteiger partial charge is 0.231 e. The second-order valence-corrected chi connectivity index (χ2v) is 11.7. The van der Waals surface area contributed by atoms with Gasteiger partial charge in [-0.15, -0.1) is 5.10 Å². The Balaban J connectivity index is 1.12. The highest BCUT2D eigenvalue weighted by molar-refractivity contribution is 7.92. The first kappa shape index (κ1) is 24.9. The van der Waals surface area contributed by atoms with Crippen LogP contribution in [0.1, 0.15) is 18.4 Å². The van der Waals surface area contributed by atoms with Crippen molar-refractivity contribution in [1.29, 1.82) is 0 Å². The van der Waals surface area contributed by atoms with E-state index in [1.165, 1.54) is 0 Å². The lowest BCUT2D eigenvalue weighted by Crippen LogP contribution is -2.52. The summed E-state index contributed by atoms with van der Waals surface area (Å²) in [5.41, 5.74) is 1.51. The van der Waals surface area contributed by atoms with E-state index in [0.717, 1.165) is 11.4 Å². The standard InChI is InChI=1S/C27H29N5O4S/c33-26(17-20-5-2-1-3-6-20)31-15-12-24(13-16-31)37(35,36)23-10-8-22(9-11-23)29-27(34)21-18-32(19-21)25-7-4-14-28-30-25/h1-11,14,21,24H,12-13,15-19H2,(H,29,34). The van der Waals surface area contributed by atoms with Gasteiger partial charge >= 0.3 is 0 Å². The van der Waals surface area contributed by atoms with Crippen LogP contribution in [0.15, 0.2) is 77.8 Å². The Morgan fingerprint density at radius 2 is 1.62 bits per heavy atom. The lowest BCUT2D eigenvalue weighted by atomic mass is 9.99. The van der Waals surface area contributed by atoms with E-state index in [0.29, 0.717) is 51.1 Å². The Morgan fingerprint density at radius 3 is 2.27 bits per heavy atom. The normalized spacial score (nSPS) is 16.8. The minimum atomic E-state index is -3.53. The van der Waals surface area contributed by atoms with Gasteiger partial charge in [0.1, 0.15) is 0 Å². The zero-order valence-corrected chi connectivity index (χ0v) is 21.2. The van der Waals surface area contributed by atoms with Gasteiger partial charge in [-0.25, -0.2) is 8.42 Å². The molecule has 3 heterocycles. The third kappa shape index (κ3) is 5.64. The molecule has 10 heteroatoms. The second kappa shape index (κ2) is 10.7. The third-order valence-electron chi connectivity index (χ3n) is 7.02. The number of benzene rings is 2. The van der Waals surface area contributed by atoms with Crippen molar-refractivity contribution in [3.8, 4) is 0 Å². The molecule has 5 rings (SSSR count). The predicted molar refractivity (Wildman–Crippen MR) is 140 cm³/mol. The summed E-state index contributed by atoms with van der Waals surface area (Å²) in [4.78, 5) is 29.2. The van der Waals surface area contributed by atoms with Gasteiger partial charge in [0.15, 0.2) is 15.7 Å². The number of carbonyl (C=O) groups is 2. The summed E-state index contributed by atoms with van der Waals surface area (Å²) in [6, 6.07) is 19.6. The van der Waals surface area contributed by atoms with Crippen LogP contribution in [0.2, 0.25) is 0 Å². The first-order chi connectivity index (χ1) is 17.9. The van der Waals surface area contributed by atoms with Crippen molar-refractivity contribution in [2.24, 2.45) is 5.92 Å². The number of nitrogens with zero attached hydrogens (tertiary/aromatic N) is 4. The number of aromatic nitrogens is 2. The molecule has 3 aromatic rings. The van der Waals surface area contributed by atoms with E-state index in [1.54, 1.807) is 41.4 Å². The van der Waals surface area contributed by atoms with Crippen molar-refractivity contribution >= 4 is 33.2 Å². The topological polar surface area (TPSA) is 113 Å². The molecule has 0 bridgehead atoms. The molecule has 2 amide bonds. The zero-order chi connectivity index (χ0) is 25.8. The summed E-state index contributed by atoms with van der Waals surface area (Å²) >= 11 is 0. The number of hydrogen-bond donors (Lipinski definition) is 1. The maximum Gasteiger partial charge on any atom is 0.231 e. The molecule has 0 radical (unpaired) electrons. The molecule has 37 heavy (non-hydrogen) atoms. The maximum absolute atomic E-state index is 13.2. The van der Waals surface area contributed by atoms with E-state index >= 15 is 0 Å². The van der Waals surface area contributed by atoms with Crippen molar-refractivity contribution in [2.75, 3.05) is 36.4 Å². The minimum absolute atomic E-state index is 0.0217. The highest BCUT2D eigenvalue weighted by atomic mass is 32.2. The number of carbonyl (C=O) groups excluding carboxylic acids is 2. The minimum Gasteiger partial charge on any atom is -0.353 e. The van der Waals surface area contributed by atoms with E-state index < -0.39 is 15.1 Å². The lowest BCUT2D eigenvalue weighted by Gasteiger charge is -2.38. The summed E-state index contributed by atoms with van der Waals surface area (Å²) in [5, 5.41) is 10.2. The molecular weight excluding hydrogens is 490 g/mol. The molecule has 2 fully saturated rings. The Bertz CT molecular complexity index is 1340. The molecule has 1 N–H and O–H groups in total. The van der Waals surface area contributed by atoms with Crippen LogP contribution < -0.4 is 10.2 Å². The predicted octanol–water partition coefficient (Wildman–Crippen LogP) is 2.56. The average molecular weight is 520 g/mol. The molecule has 1 aromatic heterocycles. The van der Waals surface area contributed by atoms with Crippen LogP contribution in [0.25, 0.3) is 0 Å². The van der Waals surface area contributed by atoms with Crippen molar-refractivity contribution in [3.63, 3.8) is 0 Å². The van der Waals surface area contributed by atoms with Gasteiger partial charge in [0, 0.05) is 38.1 Å². The van der Waals surface area contributed by atoms with Crippen LogP contribution in [0.5, 0.6) is 0 Å². The van der Waals surface area contributed by atoms with E-state index in [-0.39, 0.29) is 22.6 Å². The van der Waals surface area contributed by atoms with Gasteiger partial charge < -0.3 is 15.1 Å². The Hall–Kier alpha value is -3.79. The Labute approximate surface area is 216 Å². The van der Waals surface area contributed by atoms with Crippen molar-refractivity contribution < 1.29 is 18.0 Å². The summed E-state index contributed by atoms with van der Waals surface area (Å²) in [5.74, 6) is 0.490. The SMILES string of the molecule is O=C(Nc1ccc(S(=O)(=O)C2CCN(C(=O)Cc3ccccc3)CC2)cc1)C1CN(c2cccnn2)C1. The van der Waals surface area contributed by atoms with Crippen LogP contribution in [0, 0.1) is 5.92 Å². The van der Waals surface area contributed by atoms with E-state index in [9.17, 15) is 18.0 Å². The molecule has 0 atom stereocenters. The van der Waals surface area contributed by atoms with Gasteiger partial charge in [-0.3, -0.25) is 9.59 Å². The van der Waals surface area contributed by atoms with E-state index in [4.69, 9.17) is 0 Å². The lowest BCUT2D eigenvalue weighted by molar-refractivity contribution is -0.131. The van der Waals surface area contributed by atoms with Crippen LogP contribution in [-0.4, -0.2) is 66.8 Å². The maximum atomic E-state index is 13.2. The number of sulfone groups is 1. The fraction of sp³-hybridized carbons (Fsp3) is 0.333. The molecule has 192 valence electrons. The molecule has 0 spiro atoms. The van der Waals surface area contributed by atoms with Crippen molar-refractivity contribution in [1.82, 2.24) is 15.1 Å². The molecule has 0 aliphatic carbocycles. The molecule has 0 unspecified atom stereocenters. The molecule has 2 aromatic carbocycles. The number of likely N-dealkylation sites (tertiary alicyclic amines) is 1. The number of anilines is 2. The highest BCUT2D eigenvalue weighted by Gasteiger charge is 2.34. The van der Waals surface area contributed by atoms with Gasteiger partial charge in [-0.2, -0.15) is 5.10 Å². The second-order valence-electron chi connectivity index (χ2n) is 9.48. The Morgan fingerprint density at radius 1 is 0.919 bits per heavy atom. The van der Waals surface area contributed by atoms with Crippen LogP contribution in [0.3, 0.4) is 0 Å². The summed E-state index contributed by atoms with van der Waals surface area (Å²) < 4.78 is 26.4. The molecule has 0 saturated carbocycles. The van der Waals surface area contributed by atoms with Gasteiger partial charge in [0.25, 0.3) is 0 Å². The highest BCUT2D eigenvalue weighted by Crippen LogP contribution is 2.27. The quantitative estimate of drug-likeness (QED) is 0.511. The number of hydrogen-bond acceptors (Lipinski definition) is 7. The van der Waals surface area contributed by atoms with Crippen molar-refractivity contribution in [3.05, 3.63) is 78.5 Å². The van der Waals surface area contributed by atoms with Crippen LogP contribution >= 0.6 is 0 Å². The van der Waals surface area contributed by atoms with E-state index in [2.05, 4.69) is 15.5 Å². The first-order valence-corrected chi connectivity index (χ1v) is 13.9. The van der Waals surface area contributed by atoms with Crippen LogP contribution in [0.4, 0.5) is 11.5 Å². The molecule has 2 aliphatic heterocycles. The monoisotopic (exact) mass is 519 g/mol. The third-order valence-corrected chi connectivity index (χ3v) is 9.29. The summed E-state index contributed by atoms with van der Waals surface area (Å²) in [7, 11) is -3.53. The van der Waals surface area contributed by atoms with E-state index in [1.807, 2.05) is 41.3 Å². The molecular formula is C27H29N5O4S. The first-order valence-electron chi connectivity index (χ1n) is 12.4. The van der Waals surface area contributed by atoms with Gasteiger partial charge in [0.2, 0.25) is 11.8 Å². The fourth-order valence-corrected chi connectivity index (χ4v) is 6.49. The number of amides is 2. The van der Waals surface area contributed by atoms with Gasteiger partial charge in [-0.1, -0.05) is 30.3 Å². The van der Waals surface area contributed by atoms with Crippen molar-refractivity contribution in [2.45, 2.75) is 29.4 Å². The molecule has 9 nitrogen and oxygen atoms in total. The number of rotatable bonds is 7. The van der Waals surface area contributed by atoms with Gasteiger partial charge in [-0.05, 0) is 54.8 Å². The number of piperidine rings is 1. The van der Waals surface area contributed by atoms with Crippen LogP contribution in [-0.2, 0) is 25.8 Å². The largest absolute Gasteiger partial charge is 0.353 e. The summed E-state index contributed by atoms with van der Waals surface area (Å²) in [6.45, 7) is 1.97. The molecule has 2 saturated heterocycles. The van der Waals surface area contributed by atoms with Gasteiger partial charge in [0.05, 0.1) is 22.5 Å². The Kier molecular flexibility index (Phi) is 7.18. The number of nitrogens with one attached hydrogen (secondary N) is 1. The molecule has 2 aliphatic rings. The zero-order valence-electron chi connectivity index (χ0n) is 20.4. The fourth-order valence-electron chi connectivity index (χ4n) is 4.76. The summed E-state index contributed by atoms with van der Waals surface area (Å²) in [6.07, 6.45) is 2.75. The average Bonchev–Trinajstić information content (AvgIpc) is 2.89.